The Kier molecular flexibility index (Phi) is 5.31. The van der Waals surface area contributed by atoms with Gasteiger partial charge in [0.2, 0.25) is 5.91 Å². The second-order valence-corrected chi connectivity index (χ2v) is 5.51. The number of likely N-dealkylation sites (tertiary alicyclic amines) is 1. The number of nitrogens with zero attached hydrogens (tertiary/aromatic N) is 1. The van der Waals surface area contributed by atoms with Crippen LogP contribution in [0.4, 0.5) is 5.69 Å². The third kappa shape index (κ3) is 4.03. The van der Waals surface area contributed by atoms with Crippen molar-refractivity contribution < 1.29 is 14.3 Å². The standard InChI is InChI=1S/C16H24N2O3/c1-12-5-4-8-18(11-12)16(19)10-17-14-9-13(20-2)6-7-15(14)21-3/h6-7,9,12,17H,4-5,8,10-11H2,1-3H3. The van der Waals surface area contributed by atoms with Crippen LogP contribution in [0.15, 0.2) is 18.2 Å². The molecular formula is C16H24N2O3. The average molecular weight is 292 g/mol. The Morgan fingerprint density at radius 1 is 1.38 bits per heavy atom. The molecule has 1 fully saturated rings. The highest BCUT2D eigenvalue weighted by Crippen LogP contribution is 2.28. The molecule has 0 bridgehead atoms. The summed E-state index contributed by atoms with van der Waals surface area (Å²) in [4.78, 5) is 14.2. The first-order valence-electron chi connectivity index (χ1n) is 7.37. The van der Waals surface area contributed by atoms with Gasteiger partial charge in [0.05, 0.1) is 26.5 Å². The van der Waals surface area contributed by atoms with Crippen molar-refractivity contribution in [1.82, 2.24) is 4.90 Å². The van der Waals surface area contributed by atoms with E-state index in [0.717, 1.165) is 30.9 Å². The number of carbonyl (C=O) groups is 1. The molecule has 0 saturated carbocycles. The molecule has 0 spiro atoms. The van der Waals surface area contributed by atoms with Crippen molar-refractivity contribution in [3.05, 3.63) is 18.2 Å². The minimum atomic E-state index is 0.131. The highest BCUT2D eigenvalue weighted by molar-refractivity contribution is 5.81. The van der Waals surface area contributed by atoms with Crippen molar-refractivity contribution in [3.63, 3.8) is 0 Å². The van der Waals surface area contributed by atoms with Gasteiger partial charge in [-0.2, -0.15) is 0 Å². The summed E-state index contributed by atoms with van der Waals surface area (Å²) in [6.45, 7) is 4.18. The van der Waals surface area contributed by atoms with Gasteiger partial charge < -0.3 is 19.7 Å². The molecule has 1 saturated heterocycles. The summed E-state index contributed by atoms with van der Waals surface area (Å²) in [7, 11) is 3.23. The lowest BCUT2D eigenvalue weighted by molar-refractivity contribution is -0.130. The zero-order valence-electron chi connectivity index (χ0n) is 13.0. The fourth-order valence-electron chi connectivity index (χ4n) is 2.65. The molecule has 1 aliphatic rings. The van der Waals surface area contributed by atoms with Gasteiger partial charge in [-0.1, -0.05) is 6.92 Å². The summed E-state index contributed by atoms with van der Waals surface area (Å²) in [5, 5.41) is 3.15. The van der Waals surface area contributed by atoms with Crippen LogP contribution in [-0.4, -0.2) is 44.7 Å². The van der Waals surface area contributed by atoms with Crippen molar-refractivity contribution in [3.8, 4) is 11.5 Å². The first kappa shape index (κ1) is 15.5. The molecular weight excluding hydrogens is 268 g/mol. The molecule has 1 heterocycles. The summed E-state index contributed by atoms with van der Waals surface area (Å²) in [6, 6.07) is 5.50. The maximum absolute atomic E-state index is 12.3. The smallest absolute Gasteiger partial charge is 0.241 e. The Morgan fingerprint density at radius 3 is 2.86 bits per heavy atom. The van der Waals surface area contributed by atoms with E-state index in [2.05, 4.69) is 12.2 Å². The fourth-order valence-corrected chi connectivity index (χ4v) is 2.65. The number of piperidine rings is 1. The van der Waals surface area contributed by atoms with Crippen LogP contribution >= 0.6 is 0 Å². The van der Waals surface area contributed by atoms with Crippen LogP contribution in [0.25, 0.3) is 0 Å². The highest BCUT2D eigenvalue weighted by atomic mass is 16.5. The SMILES string of the molecule is COc1ccc(OC)c(NCC(=O)N2CCCC(C)C2)c1. The van der Waals surface area contributed by atoms with Gasteiger partial charge in [0.15, 0.2) is 0 Å². The second-order valence-electron chi connectivity index (χ2n) is 5.51. The lowest BCUT2D eigenvalue weighted by Gasteiger charge is -2.31. The van der Waals surface area contributed by atoms with E-state index < -0.39 is 0 Å². The lowest BCUT2D eigenvalue weighted by atomic mass is 10.0. The average Bonchev–Trinajstić information content (AvgIpc) is 2.52. The number of benzene rings is 1. The van der Waals surface area contributed by atoms with Crippen molar-refractivity contribution >= 4 is 11.6 Å². The molecule has 5 nitrogen and oxygen atoms in total. The topological polar surface area (TPSA) is 50.8 Å². The molecule has 21 heavy (non-hydrogen) atoms. The monoisotopic (exact) mass is 292 g/mol. The maximum Gasteiger partial charge on any atom is 0.241 e. The zero-order chi connectivity index (χ0) is 15.2. The Morgan fingerprint density at radius 2 is 2.19 bits per heavy atom. The number of carbonyl (C=O) groups excluding carboxylic acids is 1. The summed E-state index contributed by atoms with van der Waals surface area (Å²) in [6.07, 6.45) is 2.30. The molecule has 1 amide bonds. The fraction of sp³-hybridized carbons (Fsp3) is 0.562. The molecule has 1 aromatic carbocycles. The predicted octanol–water partition coefficient (Wildman–Crippen LogP) is 2.37. The molecule has 1 aliphatic heterocycles. The number of nitrogens with one attached hydrogen (secondary N) is 1. The van der Waals surface area contributed by atoms with Gasteiger partial charge in [-0.3, -0.25) is 4.79 Å². The summed E-state index contributed by atoms with van der Waals surface area (Å²) in [5.74, 6) is 2.16. The molecule has 0 aliphatic carbocycles. The number of methoxy groups -OCH3 is 2. The van der Waals surface area contributed by atoms with Crippen molar-refractivity contribution in [2.24, 2.45) is 5.92 Å². The molecule has 116 valence electrons. The molecule has 1 aromatic rings. The zero-order valence-corrected chi connectivity index (χ0v) is 13.0. The van der Waals surface area contributed by atoms with Gasteiger partial charge in [-0.05, 0) is 30.9 Å². The minimum absolute atomic E-state index is 0.131. The van der Waals surface area contributed by atoms with E-state index in [1.807, 2.05) is 23.1 Å². The van der Waals surface area contributed by atoms with E-state index in [1.165, 1.54) is 6.42 Å². The Bertz CT molecular complexity index is 490. The Hall–Kier alpha value is -1.91. The highest BCUT2D eigenvalue weighted by Gasteiger charge is 2.20. The number of ether oxygens (including phenoxy) is 2. The van der Waals surface area contributed by atoms with E-state index in [0.29, 0.717) is 11.7 Å². The summed E-state index contributed by atoms with van der Waals surface area (Å²) >= 11 is 0. The van der Waals surface area contributed by atoms with Gasteiger partial charge in [-0.25, -0.2) is 0 Å². The van der Waals surface area contributed by atoms with E-state index in [9.17, 15) is 4.79 Å². The van der Waals surface area contributed by atoms with Crippen LogP contribution in [0.2, 0.25) is 0 Å². The van der Waals surface area contributed by atoms with Gasteiger partial charge >= 0.3 is 0 Å². The Labute approximate surface area is 126 Å². The number of rotatable bonds is 5. The van der Waals surface area contributed by atoms with E-state index in [-0.39, 0.29) is 12.5 Å². The lowest BCUT2D eigenvalue weighted by Crippen LogP contribution is -2.41. The molecule has 2 rings (SSSR count). The molecule has 1 N–H and O–H groups in total. The van der Waals surface area contributed by atoms with Gasteiger partial charge in [0.1, 0.15) is 11.5 Å². The molecule has 0 aromatic heterocycles. The molecule has 0 radical (unpaired) electrons. The van der Waals surface area contributed by atoms with Crippen molar-refractivity contribution in [2.45, 2.75) is 19.8 Å². The first-order valence-corrected chi connectivity index (χ1v) is 7.37. The van der Waals surface area contributed by atoms with Crippen molar-refractivity contribution in [2.75, 3.05) is 39.2 Å². The van der Waals surface area contributed by atoms with Crippen LogP contribution in [0.1, 0.15) is 19.8 Å². The third-order valence-electron chi connectivity index (χ3n) is 3.85. The Balaban J connectivity index is 1.97. The van der Waals surface area contributed by atoms with Crippen LogP contribution in [0.5, 0.6) is 11.5 Å². The molecule has 5 heteroatoms. The second kappa shape index (κ2) is 7.20. The molecule has 1 atom stereocenters. The van der Waals surface area contributed by atoms with E-state index in [4.69, 9.17) is 9.47 Å². The summed E-state index contributed by atoms with van der Waals surface area (Å²) < 4.78 is 10.5. The van der Waals surface area contributed by atoms with Crippen LogP contribution in [0.3, 0.4) is 0 Å². The van der Waals surface area contributed by atoms with Gasteiger partial charge in [0.25, 0.3) is 0 Å². The van der Waals surface area contributed by atoms with Crippen LogP contribution < -0.4 is 14.8 Å². The third-order valence-corrected chi connectivity index (χ3v) is 3.85. The number of hydrogen-bond donors (Lipinski definition) is 1. The van der Waals surface area contributed by atoms with Gasteiger partial charge in [0, 0.05) is 19.2 Å². The predicted molar refractivity (Wildman–Crippen MR) is 83.0 cm³/mol. The first-order chi connectivity index (χ1) is 10.1. The number of amides is 1. The molecule has 1 unspecified atom stereocenters. The maximum atomic E-state index is 12.3. The quantitative estimate of drug-likeness (QED) is 0.905. The summed E-state index contributed by atoms with van der Waals surface area (Å²) in [5.41, 5.74) is 0.773. The van der Waals surface area contributed by atoms with Crippen LogP contribution in [-0.2, 0) is 4.79 Å². The largest absolute Gasteiger partial charge is 0.497 e. The van der Waals surface area contributed by atoms with E-state index >= 15 is 0 Å². The number of anilines is 1. The number of hydrogen-bond acceptors (Lipinski definition) is 4. The van der Waals surface area contributed by atoms with E-state index in [1.54, 1.807) is 14.2 Å². The normalized spacial score (nSPS) is 18.2. The minimum Gasteiger partial charge on any atom is -0.497 e. The van der Waals surface area contributed by atoms with Gasteiger partial charge in [-0.15, -0.1) is 0 Å². The van der Waals surface area contributed by atoms with Crippen molar-refractivity contribution in [1.29, 1.82) is 0 Å². The van der Waals surface area contributed by atoms with Crippen LogP contribution in [0, 0.1) is 5.92 Å².